The Balaban J connectivity index is 2.31. The van der Waals surface area contributed by atoms with Gasteiger partial charge in [-0.2, -0.15) is 0 Å². The second-order valence-corrected chi connectivity index (χ2v) is 4.05. The standard InChI is InChI=1S/C11H14ClNO3/c12-8-5-7(9(13)1-2-14)6-10-11(8)16-4-3-15-10/h5-6,9,14H,1-4,13H2. The van der Waals surface area contributed by atoms with Crippen LogP contribution < -0.4 is 15.2 Å². The Kier molecular flexibility index (Phi) is 3.53. The lowest BCUT2D eigenvalue weighted by Crippen LogP contribution is -2.17. The van der Waals surface area contributed by atoms with Gasteiger partial charge in [0.1, 0.15) is 13.2 Å². The van der Waals surface area contributed by atoms with Gasteiger partial charge in [0, 0.05) is 12.6 Å². The van der Waals surface area contributed by atoms with Gasteiger partial charge < -0.3 is 20.3 Å². The molecule has 0 aliphatic carbocycles. The summed E-state index contributed by atoms with van der Waals surface area (Å²) in [6, 6.07) is 3.34. The minimum atomic E-state index is -0.238. The Bertz CT molecular complexity index is 384. The summed E-state index contributed by atoms with van der Waals surface area (Å²) < 4.78 is 10.8. The first-order chi connectivity index (χ1) is 7.72. The third kappa shape index (κ3) is 2.24. The molecule has 16 heavy (non-hydrogen) atoms. The van der Waals surface area contributed by atoms with Crippen LogP contribution >= 0.6 is 11.6 Å². The fraction of sp³-hybridized carbons (Fsp3) is 0.455. The van der Waals surface area contributed by atoms with Gasteiger partial charge in [0.25, 0.3) is 0 Å². The van der Waals surface area contributed by atoms with E-state index in [1.807, 2.05) is 6.07 Å². The molecule has 3 N–H and O–H groups in total. The second kappa shape index (κ2) is 4.91. The summed E-state index contributed by atoms with van der Waals surface area (Å²) in [7, 11) is 0. The predicted molar refractivity (Wildman–Crippen MR) is 61.1 cm³/mol. The minimum absolute atomic E-state index is 0.0488. The van der Waals surface area contributed by atoms with Crippen molar-refractivity contribution in [3.05, 3.63) is 22.7 Å². The lowest BCUT2D eigenvalue weighted by molar-refractivity contribution is 0.171. The van der Waals surface area contributed by atoms with Crippen LogP contribution in [0, 0.1) is 0 Å². The van der Waals surface area contributed by atoms with E-state index in [9.17, 15) is 0 Å². The first kappa shape index (κ1) is 11.5. The molecule has 1 aromatic rings. The lowest BCUT2D eigenvalue weighted by atomic mass is 10.0. The van der Waals surface area contributed by atoms with Gasteiger partial charge >= 0.3 is 0 Å². The van der Waals surface area contributed by atoms with Crippen LogP contribution in [-0.2, 0) is 0 Å². The highest BCUT2D eigenvalue weighted by Crippen LogP contribution is 2.39. The molecule has 0 saturated heterocycles. The molecule has 1 aromatic carbocycles. The zero-order chi connectivity index (χ0) is 11.5. The van der Waals surface area contributed by atoms with E-state index in [4.69, 9.17) is 31.9 Å². The third-order valence-corrected chi connectivity index (χ3v) is 2.77. The maximum atomic E-state index is 8.84. The number of rotatable bonds is 3. The van der Waals surface area contributed by atoms with Crippen molar-refractivity contribution < 1.29 is 14.6 Å². The molecular formula is C11H14ClNO3. The van der Waals surface area contributed by atoms with Crippen LogP contribution in [0.2, 0.25) is 5.02 Å². The summed E-state index contributed by atoms with van der Waals surface area (Å²) in [5.74, 6) is 1.20. The van der Waals surface area contributed by atoms with Crippen LogP contribution in [-0.4, -0.2) is 24.9 Å². The first-order valence-corrected chi connectivity index (χ1v) is 5.55. The van der Waals surface area contributed by atoms with Crippen molar-refractivity contribution in [3.63, 3.8) is 0 Å². The van der Waals surface area contributed by atoms with E-state index in [1.54, 1.807) is 6.07 Å². The van der Waals surface area contributed by atoms with E-state index in [0.29, 0.717) is 36.2 Å². The van der Waals surface area contributed by atoms with E-state index >= 15 is 0 Å². The van der Waals surface area contributed by atoms with Crippen molar-refractivity contribution in [1.29, 1.82) is 0 Å². The Morgan fingerprint density at radius 3 is 2.88 bits per heavy atom. The number of aliphatic hydroxyl groups is 1. The zero-order valence-electron chi connectivity index (χ0n) is 8.78. The van der Waals surface area contributed by atoms with Crippen LogP contribution in [0.4, 0.5) is 0 Å². The molecule has 0 radical (unpaired) electrons. The molecule has 1 atom stereocenters. The summed E-state index contributed by atoms with van der Waals surface area (Å²) in [6.07, 6.45) is 0.496. The van der Waals surface area contributed by atoms with Gasteiger partial charge in [0.05, 0.1) is 5.02 Å². The number of fused-ring (bicyclic) bond motifs is 1. The van der Waals surface area contributed by atoms with Crippen molar-refractivity contribution in [2.45, 2.75) is 12.5 Å². The van der Waals surface area contributed by atoms with Crippen molar-refractivity contribution >= 4 is 11.6 Å². The van der Waals surface area contributed by atoms with E-state index in [-0.39, 0.29) is 12.6 Å². The van der Waals surface area contributed by atoms with Crippen molar-refractivity contribution in [2.75, 3.05) is 19.8 Å². The smallest absolute Gasteiger partial charge is 0.179 e. The molecule has 0 spiro atoms. The van der Waals surface area contributed by atoms with E-state index in [0.717, 1.165) is 5.56 Å². The zero-order valence-corrected chi connectivity index (χ0v) is 9.54. The second-order valence-electron chi connectivity index (χ2n) is 3.65. The van der Waals surface area contributed by atoms with Gasteiger partial charge in [0.2, 0.25) is 0 Å². The van der Waals surface area contributed by atoms with Crippen LogP contribution in [0.25, 0.3) is 0 Å². The Morgan fingerprint density at radius 1 is 1.38 bits per heavy atom. The van der Waals surface area contributed by atoms with Crippen LogP contribution in [0.5, 0.6) is 11.5 Å². The molecule has 0 saturated carbocycles. The number of hydrogen-bond donors (Lipinski definition) is 2. The number of ether oxygens (including phenoxy) is 2. The summed E-state index contributed by atoms with van der Waals surface area (Å²) in [5.41, 5.74) is 6.74. The maximum Gasteiger partial charge on any atom is 0.179 e. The molecule has 1 heterocycles. The molecule has 88 valence electrons. The Hall–Kier alpha value is -0.970. The topological polar surface area (TPSA) is 64.7 Å². The fourth-order valence-corrected chi connectivity index (χ4v) is 1.92. The van der Waals surface area contributed by atoms with Crippen LogP contribution in [0.3, 0.4) is 0 Å². The van der Waals surface area contributed by atoms with Crippen molar-refractivity contribution in [3.8, 4) is 11.5 Å². The number of benzene rings is 1. The van der Waals surface area contributed by atoms with Gasteiger partial charge in [-0.25, -0.2) is 0 Å². The Morgan fingerprint density at radius 2 is 2.12 bits per heavy atom. The number of hydrogen-bond acceptors (Lipinski definition) is 4. The normalized spacial score (nSPS) is 15.9. The molecule has 0 amide bonds. The number of aliphatic hydroxyl groups excluding tert-OH is 1. The summed E-state index contributed by atoms with van der Waals surface area (Å²) in [4.78, 5) is 0. The predicted octanol–water partition coefficient (Wildman–Crippen LogP) is 1.49. The average Bonchev–Trinajstić information content (AvgIpc) is 2.29. The van der Waals surface area contributed by atoms with Gasteiger partial charge in [-0.1, -0.05) is 11.6 Å². The summed E-state index contributed by atoms with van der Waals surface area (Å²) >= 11 is 6.07. The maximum absolute atomic E-state index is 8.84. The third-order valence-electron chi connectivity index (χ3n) is 2.49. The van der Waals surface area contributed by atoms with E-state index in [2.05, 4.69) is 0 Å². The molecule has 0 fully saturated rings. The highest BCUT2D eigenvalue weighted by molar-refractivity contribution is 6.32. The van der Waals surface area contributed by atoms with E-state index < -0.39 is 0 Å². The molecule has 5 heteroatoms. The van der Waals surface area contributed by atoms with Crippen molar-refractivity contribution in [1.82, 2.24) is 0 Å². The number of halogens is 1. The van der Waals surface area contributed by atoms with Crippen molar-refractivity contribution in [2.24, 2.45) is 5.73 Å². The first-order valence-electron chi connectivity index (χ1n) is 5.18. The minimum Gasteiger partial charge on any atom is -0.486 e. The monoisotopic (exact) mass is 243 g/mol. The van der Waals surface area contributed by atoms with Gasteiger partial charge in [-0.15, -0.1) is 0 Å². The average molecular weight is 244 g/mol. The highest BCUT2D eigenvalue weighted by atomic mass is 35.5. The highest BCUT2D eigenvalue weighted by Gasteiger charge is 2.18. The largest absolute Gasteiger partial charge is 0.486 e. The molecular weight excluding hydrogens is 230 g/mol. The molecule has 0 aromatic heterocycles. The van der Waals surface area contributed by atoms with Gasteiger partial charge in [-0.05, 0) is 24.1 Å². The number of nitrogens with two attached hydrogens (primary N) is 1. The lowest BCUT2D eigenvalue weighted by Gasteiger charge is -2.21. The molecule has 1 aliphatic rings. The fourth-order valence-electron chi connectivity index (χ4n) is 1.65. The van der Waals surface area contributed by atoms with Gasteiger partial charge in [-0.3, -0.25) is 0 Å². The quantitative estimate of drug-likeness (QED) is 0.844. The van der Waals surface area contributed by atoms with Crippen LogP contribution in [0.1, 0.15) is 18.0 Å². The molecule has 4 nitrogen and oxygen atoms in total. The molecule has 1 aliphatic heterocycles. The summed E-state index contributed by atoms with van der Waals surface area (Å²) in [6.45, 7) is 1.07. The molecule has 0 bridgehead atoms. The van der Waals surface area contributed by atoms with Gasteiger partial charge in [0.15, 0.2) is 11.5 Å². The Labute approximate surface area is 98.9 Å². The van der Waals surface area contributed by atoms with Crippen LogP contribution in [0.15, 0.2) is 12.1 Å². The SMILES string of the molecule is NC(CCO)c1cc(Cl)c2c(c1)OCCO2. The summed E-state index contributed by atoms with van der Waals surface area (Å²) in [5, 5.41) is 9.34. The van der Waals surface area contributed by atoms with E-state index in [1.165, 1.54) is 0 Å². The molecule has 2 rings (SSSR count). The molecule has 1 unspecified atom stereocenters.